The highest BCUT2D eigenvalue weighted by molar-refractivity contribution is 6.42. The normalized spacial score (nSPS) is 15.2. The first-order chi connectivity index (χ1) is 18.0. The van der Waals surface area contributed by atoms with Crippen LogP contribution < -0.4 is 5.56 Å². The molecule has 1 saturated heterocycles. The molecule has 0 spiro atoms. The number of hydrogen-bond donors (Lipinski definition) is 1. The Labute approximate surface area is 231 Å². The molecular weight excluding hydrogens is 527 g/mol. The van der Waals surface area contributed by atoms with E-state index in [-0.39, 0.29) is 35.8 Å². The third kappa shape index (κ3) is 6.20. The summed E-state index contributed by atoms with van der Waals surface area (Å²) in [7, 11) is 1.67. The van der Waals surface area contributed by atoms with Gasteiger partial charge in [0.05, 0.1) is 27.3 Å². The van der Waals surface area contributed by atoms with E-state index in [9.17, 15) is 19.5 Å². The summed E-state index contributed by atoms with van der Waals surface area (Å²) >= 11 is 12.1. The van der Waals surface area contributed by atoms with Gasteiger partial charge < -0.3 is 14.9 Å². The molecule has 2 aromatic carbocycles. The van der Waals surface area contributed by atoms with Gasteiger partial charge in [-0.05, 0) is 60.1 Å². The summed E-state index contributed by atoms with van der Waals surface area (Å²) in [5.41, 5.74) is 2.13. The molecule has 1 atom stereocenters. The molecule has 3 aromatic rings. The van der Waals surface area contributed by atoms with E-state index in [2.05, 4.69) is 4.98 Å². The fraction of sp³-hybridized carbons (Fsp3) is 0.429. The van der Waals surface area contributed by atoms with E-state index in [0.29, 0.717) is 40.6 Å². The number of likely N-dealkylation sites (tertiary alicyclic amines) is 1. The van der Waals surface area contributed by atoms with Gasteiger partial charge >= 0.3 is 0 Å². The van der Waals surface area contributed by atoms with Crippen LogP contribution in [-0.4, -0.2) is 62.5 Å². The van der Waals surface area contributed by atoms with Crippen molar-refractivity contribution in [1.82, 2.24) is 19.4 Å². The lowest BCUT2D eigenvalue weighted by Crippen LogP contribution is -2.45. The van der Waals surface area contributed by atoms with Gasteiger partial charge in [-0.1, -0.05) is 49.2 Å². The number of hydrogen-bond acceptors (Lipinski definition) is 5. The number of rotatable bonds is 7. The summed E-state index contributed by atoms with van der Waals surface area (Å²) in [6.07, 6.45) is 1.91. The van der Waals surface area contributed by atoms with E-state index in [1.165, 1.54) is 15.8 Å². The fourth-order valence-corrected chi connectivity index (χ4v) is 5.04. The van der Waals surface area contributed by atoms with Gasteiger partial charge in [0, 0.05) is 26.7 Å². The van der Waals surface area contributed by atoms with Crippen molar-refractivity contribution in [3.63, 3.8) is 0 Å². The van der Waals surface area contributed by atoms with Crippen molar-refractivity contribution in [3.8, 4) is 0 Å². The Morgan fingerprint density at radius 3 is 2.47 bits per heavy atom. The van der Waals surface area contributed by atoms with Crippen molar-refractivity contribution in [1.29, 1.82) is 0 Å². The average molecular weight is 559 g/mol. The lowest BCUT2D eigenvalue weighted by molar-refractivity contribution is -0.143. The Morgan fingerprint density at radius 1 is 1.11 bits per heavy atom. The van der Waals surface area contributed by atoms with Crippen molar-refractivity contribution in [3.05, 3.63) is 74.3 Å². The van der Waals surface area contributed by atoms with Gasteiger partial charge in [-0.2, -0.15) is 0 Å². The maximum absolute atomic E-state index is 13.3. The van der Waals surface area contributed by atoms with Gasteiger partial charge in [-0.15, -0.1) is 0 Å². The topological polar surface area (TPSA) is 95.7 Å². The van der Waals surface area contributed by atoms with Crippen LogP contribution in [0.15, 0.2) is 47.5 Å². The average Bonchev–Trinajstić information content (AvgIpc) is 2.91. The Kier molecular flexibility index (Phi) is 8.75. The molecule has 0 aliphatic carbocycles. The summed E-state index contributed by atoms with van der Waals surface area (Å²) in [5, 5.41) is 11.4. The number of benzene rings is 2. The molecule has 1 aromatic heterocycles. The van der Waals surface area contributed by atoms with Gasteiger partial charge in [0.2, 0.25) is 5.91 Å². The highest BCUT2D eigenvalue weighted by atomic mass is 35.5. The number of aliphatic hydroxyl groups excluding tert-OH is 1. The molecule has 202 valence electrons. The minimum absolute atomic E-state index is 0.127. The largest absolute Gasteiger partial charge is 0.383 e. The minimum atomic E-state index is -0.984. The number of carbonyl (C=O) groups is 2. The van der Waals surface area contributed by atoms with Gasteiger partial charge in [0.1, 0.15) is 12.6 Å². The van der Waals surface area contributed by atoms with Gasteiger partial charge in [-0.25, -0.2) is 4.98 Å². The maximum Gasteiger partial charge on any atom is 0.261 e. The summed E-state index contributed by atoms with van der Waals surface area (Å²) in [5.74, 6) is -0.404. The third-order valence-corrected chi connectivity index (χ3v) is 7.88. The molecule has 4 rings (SSSR count). The number of aromatic nitrogens is 2. The molecule has 1 fully saturated rings. The van der Waals surface area contributed by atoms with Crippen molar-refractivity contribution in [2.45, 2.75) is 51.8 Å². The van der Waals surface area contributed by atoms with Crippen LogP contribution in [0.5, 0.6) is 0 Å². The predicted molar refractivity (Wildman–Crippen MR) is 148 cm³/mol. The molecule has 0 bridgehead atoms. The second kappa shape index (κ2) is 11.8. The zero-order valence-electron chi connectivity index (χ0n) is 21.7. The molecule has 1 aliphatic heterocycles. The number of nitrogens with zero attached hydrogens (tertiary/aromatic N) is 4. The van der Waals surface area contributed by atoms with Crippen LogP contribution in [0, 0.1) is 5.92 Å². The predicted octanol–water partition coefficient (Wildman–Crippen LogP) is 4.08. The smallest absolute Gasteiger partial charge is 0.261 e. The molecule has 2 heterocycles. The van der Waals surface area contributed by atoms with Crippen molar-refractivity contribution in [2.24, 2.45) is 5.92 Å². The maximum atomic E-state index is 13.3. The Balaban J connectivity index is 1.45. The Hall–Kier alpha value is -2.94. The molecule has 38 heavy (non-hydrogen) atoms. The first-order valence-corrected chi connectivity index (χ1v) is 13.4. The van der Waals surface area contributed by atoms with Crippen LogP contribution in [0.1, 0.15) is 43.7 Å². The first-order valence-electron chi connectivity index (χ1n) is 12.7. The minimum Gasteiger partial charge on any atom is -0.383 e. The fourth-order valence-electron chi connectivity index (χ4n) is 4.72. The standard InChI is InChI=1S/C28H32Cl2N4O4/c1-17(2)26(36)28(38)33-10-8-19(9-11-33)20-5-7-24-21(13-20)27(37)34(16-31-24)15-25(35)32(3)14-18-4-6-22(29)23(30)12-18/h4-7,12-13,16-17,19,26,36H,8-11,14-15H2,1-3H3/t26-/m1/s1. The molecule has 10 heteroatoms. The van der Waals surface area contributed by atoms with Crippen LogP contribution >= 0.6 is 23.2 Å². The number of amides is 2. The highest BCUT2D eigenvalue weighted by Crippen LogP contribution is 2.30. The SMILES string of the molecule is CC(C)[C@@H](O)C(=O)N1CCC(c2ccc3ncn(CC(=O)N(C)Cc4ccc(Cl)c(Cl)c4)c(=O)c3c2)CC1. The summed E-state index contributed by atoms with van der Waals surface area (Å²) in [6.45, 7) is 4.96. The molecule has 1 N–H and O–H groups in total. The summed E-state index contributed by atoms with van der Waals surface area (Å²) in [4.78, 5) is 46.3. The van der Waals surface area contributed by atoms with Gasteiger partial charge in [-0.3, -0.25) is 19.0 Å². The summed E-state index contributed by atoms with van der Waals surface area (Å²) < 4.78 is 1.33. The molecule has 8 nitrogen and oxygen atoms in total. The first kappa shape index (κ1) is 28.1. The highest BCUT2D eigenvalue weighted by Gasteiger charge is 2.29. The number of likely N-dealkylation sites (N-methyl/N-ethyl adjacent to an activating group) is 1. The second-order valence-electron chi connectivity index (χ2n) is 10.2. The van der Waals surface area contributed by atoms with Crippen LogP contribution in [0.3, 0.4) is 0 Å². The van der Waals surface area contributed by atoms with Crippen LogP contribution in [-0.2, 0) is 22.7 Å². The number of carbonyl (C=O) groups excluding carboxylic acids is 2. The number of aliphatic hydroxyl groups is 1. The third-order valence-electron chi connectivity index (χ3n) is 7.15. The van der Waals surface area contributed by atoms with Crippen LogP contribution in [0.25, 0.3) is 10.9 Å². The summed E-state index contributed by atoms with van der Waals surface area (Å²) in [6, 6.07) is 10.9. The van der Waals surface area contributed by atoms with Crippen LogP contribution in [0.4, 0.5) is 0 Å². The molecule has 0 radical (unpaired) electrons. The number of piperidine rings is 1. The van der Waals surface area contributed by atoms with E-state index in [0.717, 1.165) is 24.0 Å². The zero-order chi connectivity index (χ0) is 27.6. The van der Waals surface area contributed by atoms with E-state index < -0.39 is 6.10 Å². The Morgan fingerprint density at radius 2 is 1.82 bits per heavy atom. The molecule has 1 aliphatic rings. The van der Waals surface area contributed by atoms with E-state index in [1.807, 2.05) is 32.0 Å². The van der Waals surface area contributed by atoms with Crippen LogP contribution in [0.2, 0.25) is 10.0 Å². The lowest BCUT2D eigenvalue weighted by atomic mass is 9.88. The zero-order valence-corrected chi connectivity index (χ0v) is 23.2. The van der Waals surface area contributed by atoms with E-state index in [1.54, 1.807) is 30.1 Å². The van der Waals surface area contributed by atoms with E-state index in [4.69, 9.17) is 23.2 Å². The Bertz CT molecular complexity index is 1400. The van der Waals surface area contributed by atoms with E-state index >= 15 is 0 Å². The second-order valence-corrected chi connectivity index (χ2v) is 11.1. The van der Waals surface area contributed by atoms with Gasteiger partial charge in [0.15, 0.2) is 0 Å². The number of fused-ring (bicyclic) bond motifs is 1. The van der Waals surface area contributed by atoms with Crippen molar-refractivity contribution < 1.29 is 14.7 Å². The molecule has 2 amide bonds. The van der Waals surface area contributed by atoms with Crippen molar-refractivity contribution >= 4 is 45.9 Å². The molecular formula is C28H32Cl2N4O4. The quantitative estimate of drug-likeness (QED) is 0.471. The lowest BCUT2D eigenvalue weighted by Gasteiger charge is -2.34. The molecule has 0 unspecified atom stereocenters. The number of halogens is 2. The van der Waals surface area contributed by atoms with Gasteiger partial charge in [0.25, 0.3) is 11.5 Å². The monoisotopic (exact) mass is 558 g/mol. The molecule has 0 saturated carbocycles. The van der Waals surface area contributed by atoms with Crippen molar-refractivity contribution in [2.75, 3.05) is 20.1 Å².